The van der Waals surface area contributed by atoms with E-state index in [-0.39, 0.29) is 0 Å². The summed E-state index contributed by atoms with van der Waals surface area (Å²) in [6.07, 6.45) is 0. The van der Waals surface area contributed by atoms with Crippen LogP contribution in [-0.2, 0) is 11.3 Å². The van der Waals surface area contributed by atoms with E-state index < -0.39 is 0 Å². The highest BCUT2D eigenvalue weighted by Crippen LogP contribution is 2.20. The Bertz CT molecular complexity index is 390. The summed E-state index contributed by atoms with van der Waals surface area (Å²) in [5, 5.41) is 4.08. The summed E-state index contributed by atoms with van der Waals surface area (Å²) in [6.45, 7) is 10.9. The molecule has 0 bridgehead atoms. The van der Waals surface area contributed by atoms with E-state index in [1.54, 1.807) is 0 Å². The first-order valence-corrected chi connectivity index (χ1v) is 7.86. The monoisotopic (exact) mass is 304 g/mol. The lowest BCUT2D eigenvalue weighted by molar-refractivity contribution is 0.0462. The van der Waals surface area contributed by atoms with Crippen molar-refractivity contribution in [3.05, 3.63) is 10.0 Å². The van der Waals surface area contributed by atoms with Gasteiger partial charge < -0.3 is 4.74 Å². The zero-order valence-electron chi connectivity index (χ0n) is 11.5. The predicted octanol–water partition coefficient (Wildman–Crippen LogP) is 1.73. The predicted molar refractivity (Wildman–Crippen MR) is 77.7 cm³/mol. The molecular weight excluding hydrogens is 284 g/mol. The zero-order valence-corrected chi connectivity index (χ0v) is 13.1. The Labute approximate surface area is 123 Å². The number of halogens is 1. The van der Waals surface area contributed by atoms with E-state index in [0.29, 0.717) is 10.4 Å². The Morgan fingerprint density at radius 1 is 1.47 bits per heavy atom. The quantitative estimate of drug-likeness (QED) is 0.749. The first kappa shape index (κ1) is 15.1. The standard InChI is InChI=1S/C12H21ClN4OS/c1-3-18-7-6-17-5-4-16(8-10(17)2)9-11-12(13)19-15-14-11/h10H,3-9H2,1-2H3. The molecule has 1 aliphatic heterocycles. The first-order valence-electron chi connectivity index (χ1n) is 6.71. The molecule has 2 rings (SSSR count). The minimum Gasteiger partial charge on any atom is -0.380 e. The van der Waals surface area contributed by atoms with Crippen LogP contribution in [-0.4, -0.2) is 64.8 Å². The molecule has 0 spiro atoms. The Morgan fingerprint density at radius 3 is 2.95 bits per heavy atom. The lowest BCUT2D eigenvalue weighted by Crippen LogP contribution is -2.52. The van der Waals surface area contributed by atoms with Crippen molar-refractivity contribution in [2.24, 2.45) is 0 Å². The third-order valence-electron chi connectivity index (χ3n) is 3.46. The van der Waals surface area contributed by atoms with Crippen molar-refractivity contribution < 1.29 is 4.74 Å². The van der Waals surface area contributed by atoms with E-state index in [4.69, 9.17) is 16.3 Å². The van der Waals surface area contributed by atoms with Gasteiger partial charge in [-0.05, 0) is 13.8 Å². The van der Waals surface area contributed by atoms with E-state index in [1.807, 2.05) is 6.92 Å². The largest absolute Gasteiger partial charge is 0.380 e. The van der Waals surface area contributed by atoms with Crippen LogP contribution in [0.1, 0.15) is 19.5 Å². The van der Waals surface area contributed by atoms with Crippen LogP contribution in [0.3, 0.4) is 0 Å². The number of hydrogen-bond acceptors (Lipinski definition) is 6. The van der Waals surface area contributed by atoms with Crippen LogP contribution in [0.15, 0.2) is 0 Å². The molecule has 108 valence electrons. The molecule has 0 radical (unpaired) electrons. The summed E-state index contributed by atoms with van der Waals surface area (Å²) in [5.74, 6) is 0. The molecule has 1 aromatic heterocycles. The number of ether oxygens (including phenoxy) is 1. The lowest BCUT2D eigenvalue weighted by Gasteiger charge is -2.39. The van der Waals surface area contributed by atoms with Crippen LogP contribution in [0.25, 0.3) is 0 Å². The van der Waals surface area contributed by atoms with Crippen LogP contribution in [0, 0.1) is 0 Å². The highest BCUT2D eigenvalue weighted by atomic mass is 35.5. The molecule has 7 heteroatoms. The van der Waals surface area contributed by atoms with Crippen LogP contribution >= 0.6 is 23.1 Å². The second-order valence-electron chi connectivity index (χ2n) is 4.81. The average molecular weight is 305 g/mol. The molecule has 1 fully saturated rings. The van der Waals surface area contributed by atoms with Gasteiger partial charge in [0.1, 0.15) is 10.0 Å². The van der Waals surface area contributed by atoms with Gasteiger partial charge in [-0.1, -0.05) is 16.1 Å². The molecule has 1 unspecified atom stereocenters. The van der Waals surface area contributed by atoms with Gasteiger partial charge in [0.2, 0.25) is 0 Å². The van der Waals surface area contributed by atoms with Crippen molar-refractivity contribution in [3.8, 4) is 0 Å². The maximum absolute atomic E-state index is 6.05. The van der Waals surface area contributed by atoms with E-state index in [1.165, 1.54) is 11.5 Å². The Kier molecular flexibility index (Phi) is 5.97. The van der Waals surface area contributed by atoms with Crippen molar-refractivity contribution in [1.82, 2.24) is 19.4 Å². The van der Waals surface area contributed by atoms with Gasteiger partial charge in [-0.25, -0.2) is 0 Å². The summed E-state index contributed by atoms with van der Waals surface area (Å²) in [6, 6.07) is 0.541. The minimum atomic E-state index is 0.541. The molecular formula is C12H21ClN4OS. The van der Waals surface area contributed by atoms with Crippen molar-refractivity contribution >= 4 is 23.1 Å². The zero-order chi connectivity index (χ0) is 13.7. The highest BCUT2D eigenvalue weighted by molar-refractivity contribution is 7.10. The molecule has 5 nitrogen and oxygen atoms in total. The third kappa shape index (κ3) is 4.36. The molecule has 0 aliphatic carbocycles. The van der Waals surface area contributed by atoms with E-state index in [9.17, 15) is 0 Å². The van der Waals surface area contributed by atoms with Gasteiger partial charge in [-0.2, -0.15) is 0 Å². The van der Waals surface area contributed by atoms with Crippen LogP contribution in [0.2, 0.25) is 4.34 Å². The number of nitrogens with zero attached hydrogens (tertiary/aromatic N) is 4. The molecule has 19 heavy (non-hydrogen) atoms. The smallest absolute Gasteiger partial charge is 0.138 e. The fourth-order valence-electron chi connectivity index (χ4n) is 2.38. The molecule has 2 heterocycles. The summed E-state index contributed by atoms with van der Waals surface area (Å²) in [5.41, 5.74) is 0.904. The van der Waals surface area contributed by atoms with Crippen molar-refractivity contribution in [3.63, 3.8) is 0 Å². The SMILES string of the molecule is CCOCCN1CCN(Cc2nnsc2Cl)CC1C. The summed E-state index contributed by atoms with van der Waals surface area (Å²) < 4.78 is 10.0. The first-order chi connectivity index (χ1) is 9.20. The normalized spacial score (nSPS) is 21.9. The summed E-state index contributed by atoms with van der Waals surface area (Å²) in [7, 11) is 0. The third-order valence-corrected chi connectivity index (χ3v) is 4.44. The summed E-state index contributed by atoms with van der Waals surface area (Å²) in [4.78, 5) is 4.87. The Balaban J connectivity index is 1.78. The fraction of sp³-hybridized carbons (Fsp3) is 0.833. The van der Waals surface area contributed by atoms with E-state index in [0.717, 1.165) is 51.6 Å². The Morgan fingerprint density at radius 2 is 2.32 bits per heavy atom. The van der Waals surface area contributed by atoms with E-state index >= 15 is 0 Å². The van der Waals surface area contributed by atoms with Crippen molar-refractivity contribution in [2.45, 2.75) is 26.4 Å². The Hall–Kier alpha value is -0.270. The number of piperazine rings is 1. The molecule has 1 aliphatic rings. The lowest BCUT2D eigenvalue weighted by atomic mass is 10.2. The number of hydrogen-bond donors (Lipinski definition) is 0. The van der Waals surface area contributed by atoms with Crippen LogP contribution in [0.5, 0.6) is 0 Å². The van der Waals surface area contributed by atoms with Gasteiger partial charge >= 0.3 is 0 Å². The molecule has 1 saturated heterocycles. The molecule has 0 saturated carbocycles. The van der Waals surface area contributed by atoms with Crippen molar-refractivity contribution in [1.29, 1.82) is 0 Å². The number of aromatic nitrogens is 2. The van der Waals surface area contributed by atoms with Gasteiger partial charge in [0, 0.05) is 56.9 Å². The second-order valence-corrected chi connectivity index (χ2v) is 6.17. The van der Waals surface area contributed by atoms with E-state index in [2.05, 4.69) is 26.3 Å². The van der Waals surface area contributed by atoms with Gasteiger partial charge in [0.25, 0.3) is 0 Å². The summed E-state index contributed by atoms with van der Waals surface area (Å²) >= 11 is 7.31. The molecule has 0 amide bonds. The highest BCUT2D eigenvalue weighted by Gasteiger charge is 2.24. The maximum atomic E-state index is 6.05. The number of rotatable bonds is 6. The molecule has 0 N–H and O–H groups in total. The molecule has 0 aromatic carbocycles. The topological polar surface area (TPSA) is 41.5 Å². The fourth-order valence-corrected chi connectivity index (χ4v) is 2.99. The van der Waals surface area contributed by atoms with Crippen LogP contribution in [0.4, 0.5) is 0 Å². The van der Waals surface area contributed by atoms with Gasteiger partial charge in [0.15, 0.2) is 0 Å². The van der Waals surface area contributed by atoms with Crippen molar-refractivity contribution in [2.75, 3.05) is 39.4 Å². The van der Waals surface area contributed by atoms with Gasteiger partial charge in [-0.3, -0.25) is 9.80 Å². The minimum absolute atomic E-state index is 0.541. The molecule has 1 atom stereocenters. The van der Waals surface area contributed by atoms with Gasteiger partial charge in [0.05, 0.1) is 6.61 Å². The average Bonchev–Trinajstić information content (AvgIpc) is 2.78. The second kappa shape index (κ2) is 7.50. The van der Waals surface area contributed by atoms with Crippen LogP contribution < -0.4 is 0 Å². The maximum Gasteiger partial charge on any atom is 0.138 e. The molecule has 1 aromatic rings. The van der Waals surface area contributed by atoms with Gasteiger partial charge in [-0.15, -0.1) is 5.10 Å².